The van der Waals surface area contributed by atoms with E-state index in [1.54, 1.807) is 0 Å². The summed E-state index contributed by atoms with van der Waals surface area (Å²) in [6.07, 6.45) is 1.70. The molecule has 0 bridgehead atoms. The number of aliphatic carboxylic acids is 1. The van der Waals surface area contributed by atoms with Crippen LogP contribution in [0.3, 0.4) is 0 Å². The molecule has 0 saturated carbocycles. The minimum absolute atomic E-state index is 0.117. The van der Waals surface area contributed by atoms with Gasteiger partial charge in [0.05, 0.1) is 12.5 Å². The standard InChI is InChI=1S/C8H15NO3/c10-5-4-9-3-1-2-7(6-9)8(11)12/h7,10H,1-6H2,(H,11,12)/t7-/m1/s1. The van der Waals surface area contributed by atoms with Gasteiger partial charge in [0.15, 0.2) is 0 Å². The van der Waals surface area contributed by atoms with E-state index in [0.29, 0.717) is 13.1 Å². The fourth-order valence-electron chi connectivity index (χ4n) is 1.60. The number of aliphatic hydroxyl groups is 1. The number of nitrogens with zero attached hydrogens (tertiary/aromatic N) is 1. The van der Waals surface area contributed by atoms with E-state index in [2.05, 4.69) is 0 Å². The first kappa shape index (κ1) is 9.48. The molecule has 2 N–H and O–H groups in total. The Hall–Kier alpha value is -0.610. The van der Waals surface area contributed by atoms with Crippen molar-refractivity contribution in [2.24, 2.45) is 5.92 Å². The van der Waals surface area contributed by atoms with Crippen molar-refractivity contribution in [3.8, 4) is 0 Å². The number of carboxylic acids is 1. The molecule has 0 aromatic carbocycles. The van der Waals surface area contributed by atoms with Crippen LogP contribution in [0.2, 0.25) is 0 Å². The van der Waals surface area contributed by atoms with Gasteiger partial charge < -0.3 is 15.1 Å². The molecule has 1 saturated heterocycles. The molecule has 1 fully saturated rings. The maximum atomic E-state index is 10.6. The van der Waals surface area contributed by atoms with Crippen molar-refractivity contribution in [2.75, 3.05) is 26.2 Å². The molecule has 70 valence electrons. The highest BCUT2D eigenvalue weighted by atomic mass is 16.4. The lowest BCUT2D eigenvalue weighted by Gasteiger charge is -2.29. The van der Waals surface area contributed by atoms with E-state index >= 15 is 0 Å². The molecule has 0 spiro atoms. The maximum absolute atomic E-state index is 10.6. The first-order chi connectivity index (χ1) is 5.74. The zero-order chi connectivity index (χ0) is 8.97. The van der Waals surface area contributed by atoms with Crippen molar-refractivity contribution < 1.29 is 15.0 Å². The summed E-state index contributed by atoms with van der Waals surface area (Å²) in [5, 5.41) is 17.4. The van der Waals surface area contributed by atoms with E-state index in [0.717, 1.165) is 19.4 Å². The Labute approximate surface area is 71.8 Å². The van der Waals surface area contributed by atoms with Crippen molar-refractivity contribution >= 4 is 5.97 Å². The second-order valence-corrected chi connectivity index (χ2v) is 3.20. The third-order valence-electron chi connectivity index (χ3n) is 2.27. The van der Waals surface area contributed by atoms with E-state index in [-0.39, 0.29) is 12.5 Å². The van der Waals surface area contributed by atoms with Gasteiger partial charge in [-0.1, -0.05) is 0 Å². The van der Waals surface area contributed by atoms with Crippen molar-refractivity contribution in [1.82, 2.24) is 4.90 Å². The lowest BCUT2D eigenvalue weighted by molar-refractivity contribution is -0.143. The van der Waals surface area contributed by atoms with Crippen LogP contribution in [0.1, 0.15) is 12.8 Å². The minimum atomic E-state index is -0.711. The van der Waals surface area contributed by atoms with Crippen LogP contribution < -0.4 is 0 Å². The molecule has 4 nitrogen and oxygen atoms in total. The van der Waals surface area contributed by atoms with Crippen molar-refractivity contribution in [3.05, 3.63) is 0 Å². The number of rotatable bonds is 3. The van der Waals surface area contributed by atoms with Gasteiger partial charge in [-0.15, -0.1) is 0 Å². The topological polar surface area (TPSA) is 60.8 Å². The van der Waals surface area contributed by atoms with E-state index in [1.165, 1.54) is 0 Å². The summed E-state index contributed by atoms with van der Waals surface area (Å²) < 4.78 is 0. The summed E-state index contributed by atoms with van der Waals surface area (Å²) in [4.78, 5) is 12.6. The van der Waals surface area contributed by atoms with Gasteiger partial charge in [-0.05, 0) is 19.4 Å². The predicted octanol–water partition coefficient (Wildman–Crippen LogP) is -0.225. The molecule has 1 atom stereocenters. The summed E-state index contributed by atoms with van der Waals surface area (Å²) in [5.41, 5.74) is 0. The lowest BCUT2D eigenvalue weighted by atomic mass is 9.98. The predicted molar refractivity (Wildman–Crippen MR) is 43.9 cm³/mol. The first-order valence-corrected chi connectivity index (χ1v) is 4.30. The van der Waals surface area contributed by atoms with Crippen molar-refractivity contribution in [2.45, 2.75) is 12.8 Å². The van der Waals surface area contributed by atoms with Gasteiger partial charge in [0.1, 0.15) is 0 Å². The zero-order valence-corrected chi connectivity index (χ0v) is 7.07. The number of hydrogen-bond acceptors (Lipinski definition) is 3. The zero-order valence-electron chi connectivity index (χ0n) is 7.07. The van der Waals surface area contributed by atoms with Gasteiger partial charge in [-0.2, -0.15) is 0 Å². The third-order valence-corrected chi connectivity index (χ3v) is 2.27. The van der Waals surface area contributed by atoms with E-state index in [1.807, 2.05) is 4.90 Å². The average Bonchev–Trinajstić information content (AvgIpc) is 2.05. The number of carboxylic acid groups (broad SMARTS) is 1. The Balaban J connectivity index is 2.35. The van der Waals surface area contributed by atoms with E-state index in [4.69, 9.17) is 10.2 Å². The molecule has 1 rings (SSSR count). The van der Waals surface area contributed by atoms with Gasteiger partial charge in [-0.3, -0.25) is 4.79 Å². The fraction of sp³-hybridized carbons (Fsp3) is 0.875. The second-order valence-electron chi connectivity index (χ2n) is 3.20. The molecule has 1 heterocycles. The Morgan fingerprint density at radius 1 is 1.58 bits per heavy atom. The molecular formula is C8H15NO3. The van der Waals surface area contributed by atoms with Gasteiger partial charge >= 0.3 is 5.97 Å². The van der Waals surface area contributed by atoms with Crippen molar-refractivity contribution in [1.29, 1.82) is 0 Å². The molecule has 0 aromatic rings. The monoisotopic (exact) mass is 173 g/mol. The highest BCUT2D eigenvalue weighted by Crippen LogP contribution is 2.15. The number of carbonyl (C=O) groups is 1. The summed E-state index contributed by atoms with van der Waals surface area (Å²) in [6, 6.07) is 0. The second kappa shape index (κ2) is 4.42. The average molecular weight is 173 g/mol. The summed E-state index contributed by atoms with van der Waals surface area (Å²) >= 11 is 0. The van der Waals surface area contributed by atoms with Crippen molar-refractivity contribution in [3.63, 3.8) is 0 Å². The van der Waals surface area contributed by atoms with Crippen LogP contribution >= 0.6 is 0 Å². The number of hydrogen-bond donors (Lipinski definition) is 2. The lowest BCUT2D eigenvalue weighted by Crippen LogP contribution is -2.39. The molecule has 1 aliphatic rings. The van der Waals surface area contributed by atoms with Gasteiger partial charge in [0, 0.05) is 13.1 Å². The first-order valence-electron chi connectivity index (χ1n) is 4.30. The Morgan fingerprint density at radius 3 is 2.92 bits per heavy atom. The van der Waals surface area contributed by atoms with Gasteiger partial charge in [0.2, 0.25) is 0 Å². The number of aliphatic hydroxyl groups excluding tert-OH is 1. The van der Waals surface area contributed by atoms with Crippen LogP contribution in [0.4, 0.5) is 0 Å². The number of likely N-dealkylation sites (tertiary alicyclic amines) is 1. The third kappa shape index (κ3) is 2.46. The minimum Gasteiger partial charge on any atom is -0.481 e. The molecule has 4 heteroatoms. The largest absolute Gasteiger partial charge is 0.481 e. The molecule has 1 aliphatic heterocycles. The summed E-state index contributed by atoms with van der Waals surface area (Å²) in [7, 11) is 0. The molecule has 0 unspecified atom stereocenters. The fourth-order valence-corrected chi connectivity index (χ4v) is 1.60. The Kier molecular flexibility index (Phi) is 3.49. The Morgan fingerprint density at radius 2 is 2.33 bits per heavy atom. The molecule has 12 heavy (non-hydrogen) atoms. The highest BCUT2D eigenvalue weighted by Gasteiger charge is 2.24. The van der Waals surface area contributed by atoms with Crippen LogP contribution in [0.25, 0.3) is 0 Å². The molecule has 0 radical (unpaired) electrons. The number of β-amino-alcohol motifs (C(OH)–C–C–N with tert-alkyl or cyclic N) is 1. The summed E-state index contributed by atoms with van der Waals surface area (Å²) in [5.74, 6) is -0.942. The van der Waals surface area contributed by atoms with Crippen LogP contribution in [-0.2, 0) is 4.79 Å². The van der Waals surface area contributed by atoms with Gasteiger partial charge in [0.25, 0.3) is 0 Å². The van der Waals surface area contributed by atoms with Gasteiger partial charge in [-0.25, -0.2) is 0 Å². The van der Waals surface area contributed by atoms with Crippen LogP contribution in [0.5, 0.6) is 0 Å². The van der Waals surface area contributed by atoms with E-state index < -0.39 is 5.97 Å². The number of piperidine rings is 1. The SMILES string of the molecule is O=C(O)[C@@H]1CCCN(CCO)C1. The smallest absolute Gasteiger partial charge is 0.307 e. The van der Waals surface area contributed by atoms with Crippen LogP contribution in [0, 0.1) is 5.92 Å². The highest BCUT2D eigenvalue weighted by molar-refractivity contribution is 5.70. The Bertz CT molecular complexity index is 158. The normalized spacial score (nSPS) is 25.6. The quantitative estimate of drug-likeness (QED) is 0.619. The van der Waals surface area contributed by atoms with Crippen LogP contribution in [-0.4, -0.2) is 47.3 Å². The van der Waals surface area contributed by atoms with Crippen LogP contribution in [0.15, 0.2) is 0 Å². The molecular weight excluding hydrogens is 158 g/mol. The van der Waals surface area contributed by atoms with E-state index in [9.17, 15) is 4.79 Å². The summed E-state index contributed by atoms with van der Waals surface area (Å²) in [6.45, 7) is 2.23. The molecule has 0 aliphatic carbocycles. The molecule has 0 amide bonds. The molecule has 0 aromatic heterocycles. The maximum Gasteiger partial charge on any atom is 0.307 e.